The first-order valence-corrected chi connectivity index (χ1v) is 9.58. The van der Waals surface area contributed by atoms with Gasteiger partial charge in [-0.05, 0) is 70.9 Å². The first kappa shape index (κ1) is 20.0. The fourth-order valence-electron chi connectivity index (χ4n) is 3.03. The lowest BCUT2D eigenvalue weighted by Crippen LogP contribution is -2.17. The van der Waals surface area contributed by atoms with Crippen molar-refractivity contribution in [2.75, 3.05) is 5.32 Å². The van der Waals surface area contributed by atoms with Gasteiger partial charge in [0.15, 0.2) is 0 Å². The predicted octanol–water partition coefficient (Wildman–Crippen LogP) is 5.00. The van der Waals surface area contributed by atoms with Gasteiger partial charge in [-0.1, -0.05) is 36.4 Å². The van der Waals surface area contributed by atoms with Crippen LogP contribution in [0.2, 0.25) is 0 Å². The number of fused-ring (bicyclic) bond motifs is 1. The molecule has 0 aliphatic rings. The quantitative estimate of drug-likeness (QED) is 0.359. The van der Waals surface area contributed by atoms with Crippen molar-refractivity contribution in [2.45, 2.75) is 0 Å². The van der Waals surface area contributed by atoms with Crippen molar-refractivity contribution in [1.29, 1.82) is 0 Å². The van der Waals surface area contributed by atoms with Gasteiger partial charge in [-0.25, -0.2) is 9.82 Å². The van der Waals surface area contributed by atoms with Crippen LogP contribution < -0.4 is 10.7 Å². The number of anilines is 1. The van der Waals surface area contributed by atoms with Gasteiger partial charge in [0.2, 0.25) is 0 Å². The maximum atomic E-state index is 13.0. The highest BCUT2D eigenvalue weighted by Gasteiger charge is 2.08. The number of carbonyl (C=O) groups is 2. The fraction of sp³-hybridized carbons (Fsp3) is 0. The number of hydrogen-bond donors (Lipinski definition) is 2. The number of rotatable bonds is 5. The topological polar surface area (TPSA) is 70.6 Å². The Morgan fingerprint density at radius 1 is 0.742 bits per heavy atom. The summed E-state index contributed by atoms with van der Waals surface area (Å²) in [4.78, 5) is 24.5. The van der Waals surface area contributed by atoms with Crippen LogP contribution >= 0.6 is 0 Å². The molecule has 0 bridgehead atoms. The molecular formula is C25H18FN3O2. The number of halogens is 1. The largest absolute Gasteiger partial charge is 0.322 e. The van der Waals surface area contributed by atoms with Crippen LogP contribution in [0.4, 0.5) is 10.1 Å². The second-order valence-electron chi connectivity index (χ2n) is 6.84. The van der Waals surface area contributed by atoms with E-state index in [0.717, 1.165) is 16.3 Å². The predicted molar refractivity (Wildman–Crippen MR) is 120 cm³/mol. The summed E-state index contributed by atoms with van der Waals surface area (Å²) >= 11 is 0. The van der Waals surface area contributed by atoms with Crippen molar-refractivity contribution >= 4 is 34.5 Å². The van der Waals surface area contributed by atoms with Crippen molar-refractivity contribution in [1.82, 2.24) is 5.43 Å². The SMILES string of the molecule is O=C(N/N=C/c1ccc2ccccc2c1)c1ccc(NC(=O)c2ccc(F)cc2)cc1. The van der Waals surface area contributed by atoms with E-state index in [4.69, 9.17) is 0 Å². The molecule has 0 aliphatic carbocycles. The summed E-state index contributed by atoms with van der Waals surface area (Å²) in [6.45, 7) is 0. The summed E-state index contributed by atoms with van der Waals surface area (Å²) < 4.78 is 13.0. The Morgan fingerprint density at radius 2 is 1.39 bits per heavy atom. The van der Waals surface area contributed by atoms with E-state index in [1.54, 1.807) is 30.5 Å². The second-order valence-corrected chi connectivity index (χ2v) is 6.84. The molecule has 31 heavy (non-hydrogen) atoms. The van der Waals surface area contributed by atoms with Crippen LogP contribution in [0.3, 0.4) is 0 Å². The van der Waals surface area contributed by atoms with E-state index >= 15 is 0 Å². The van der Waals surface area contributed by atoms with E-state index in [1.165, 1.54) is 24.3 Å². The second kappa shape index (κ2) is 9.00. The third-order valence-electron chi connectivity index (χ3n) is 4.66. The Kier molecular flexibility index (Phi) is 5.80. The van der Waals surface area contributed by atoms with Gasteiger partial charge >= 0.3 is 0 Å². The van der Waals surface area contributed by atoms with Gasteiger partial charge in [-0.2, -0.15) is 5.10 Å². The van der Waals surface area contributed by atoms with E-state index < -0.39 is 5.82 Å². The molecule has 4 rings (SSSR count). The average molecular weight is 411 g/mol. The zero-order chi connectivity index (χ0) is 21.6. The molecule has 4 aromatic rings. The third kappa shape index (κ3) is 5.00. The molecule has 2 N–H and O–H groups in total. The van der Waals surface area contributed by atoms with Crippen LogP contribution in [0.25, 0.3) is 10.8 Å². The van der Waals surface area contributed by atoms with Crippen LogP contribution in [0.1, 0.15) is 26.3 Å². The number of hydrogen-bond acceptors (Lipinski definition) is 3. The van der Waals surface area contributed by atoms with E-state index in [-0.39, 0.29) is 11.8 Å². The number of nitrogens with zero attached hydrogens (tertiary/aromatic N) is 1. The van der Waals surface area contributed by atoms with Crippen LogP contribution in [0.5, 0.6) is 0 Å². The van der Waals surface area contributed by atoms with Gasteiger partial charge in [0, 0.05) is 16.8 Å². The summed E-state index contributed by atoms with van der Waals surface area (Å²) in [5, 5.41) is 8.95. The molecule has 0 aromatic heterocycles. The van der Waals surface area contributed by atoms with Crippen molar-refractivity contribution in [3.63, 3.8) is 0 Å². The molecule has 0 unspecified atom stereocenters. The Balaban J connectivity index is 1.35. The summed E-state index contributed by atoms with van der Waals surface area (Å²) in [5.74, 6) is -1.14. The summed E-state index contributed by atoms with van der Waals surface area (Å²) in [6, 6.07) is 25.6. The van der Waals surface area contributed by atoms with Crippen molar-refractivity contribution in [2.24, 2.45) is 5.10 Å². The molecular weight excluding hydrogens is 393 g/mol. The molecule has 5 nitrogen and oxygen atoms in total. The van der Waals surface area contributed by atoms with Crippen LogP contribution in [-0.4, -0.2) is 18.0 Å². The number of carbonyl (C=O) groups excluding carboxylic acids is 2. The Hall–Kier alpha value is -4.32. The van der Waals surface area contributed by atoms with E-state index in [1.807, 2.05) is 42.5 Å². The molecule has 2 amide bonds. The van der Waals surface area contributed by atoms with E-state index in [9.17, 15) is 14.0 Å². The van der Waals surface area contributed by atoms with Gasteiger partial charge in [-0.15, -0.1) is 0 Å². The third-order valence-corrected chi connectivity index (χ3v) is 4.66. The average Bonchev–Trinajstić information content (AvgIpc) is 2.80. The van der Waals surface area contributed by atoms with Crippen LogP contribution in [0, 0.1) is 5.82 Å². The molecule has 6 heteroatoms. The van der Waals surface area contributed by atoms with Crippen molar-refractivity contribution in [3.05, 3.63) is 114 Å². The maximum Gasteiger partial charge on any atom is 0.271 e. The number of amides is 2. The molecule has 0 fully saturated rings. The summed E-state index contributed by atoms with van der Waals surface area (Å²) in [7, 11) is 0. The molecule has 0 saturated heterocycles. The molecule has 0 atom stereocenters. The van der Waals surface area contributed by atoms with Crippen LogP contribution in [-0.2, 0) is 0 Å². The molecule has 0 spiro atoms. The van der Waals surface area contributed by atoms with Crippen molar-refractivity contribution in [3.8, 4) is 0 Å². The fourth-order valence-corrected chi connectivity index (χ4v) is 3.03. The molecule has 0 heterocycles. The normalized spacial score (nSPS) is 10.9. The number of nitrogens with one attached hydrogen (secondary N) is 2. The molecule has 0 radical (unpaired) electrons. The first-order valence-electron chi connectivity index (χ1n) is 9.58. The van der Waals surface area contributed by atoms with Gasteiger partial charge in [-0.3, -0.25) is 9.59 Å². The lowest BCUT2D eigenvalue weighted by molar-refractivity contribution is 0.0954. The summed E-state index contributed by atoms with van der Waals surface area (Å²) in [6.07, 6.45) is 1.58. The zero-order valence-corrected chi connectivity index (χ0v) is 16.4. The highest BCUT2D eigenvalue weighted by atomic mass is 19.1. The lowest BCUT2D eigenvalue weighted by Gasteiger charge is -2.06. The van der Waals surface area contributed by atoms with Gasteiger partial charge < -0.3 is 5.32 Å². The minimum atomic E-state index is -0.407. The highest BCUT2D eigenvalue weighted by Crippen LogP contribution is 2.15. The molecule has 152 valence electrons. The minimum Gasteiger partial charge on any atom is -0.322 e. The Labute approximate surface area is 178 Å². The number of hydrazone groups is 1. The van der Waals surface area contributed by atoms with Gasteiger partial charge in [0.1, 0.15) is 5.82 Å². The molecule has 4 aromatic carbocycles. The van der Waals surface area contributed by atoms with Crippen LogP contribution in [0.15, 0.2) is 96.1 Å². The molecule has 0 saturated carbocycles. The zero-order valence-electron chi connectivity index (χ0n) is 16.4. The first-order chi connectivity index (χ1) is 15.1. The maximum absolute atomic E-state index is 13.0. The highest BCUT2D eigenvalue weighted by molar-refractivity contribution is 6.04. The Bertz CT molecular complexity index is 1270. The lowest BCUT2D eigenvalue weighted by atomic mass is 10.1. The smallest absolute Gasteiger partial charge is 0.271 e. The monoisotopic (exact) mass is 411 g/mol. The summed E-state index contributed by atoms with van der Waals surface area (Å²) in [5.41, 5.74) is 4.62. The molecule has 0 aliphatic heterocycles. The Morgan fingerprint density at radius 3 is 2.13 bits per heavy atom. The minimum absolute atomic E-state index is 0.339. The standard InChI is InChI=1S/C25H18FN3O2/c26-22-11-7-19(8-12-22)24(30)28-23-13-9-20(10-14-23)25(31)29-27-16-17-5-6-18-3-1-2-4-21(18)15-17/h1-16H,(H,28,30)(H,29,31)/b27-16+. The van der Waals surface area contributed by atoms with Gasteiger partial charge in [0.05, 0.1) is 6.21 Å². The van der Waals surface area contributed by atoms with E-state index in [0.29, 0.717) is 16.8 Å². The van der Waals surface area contributed by atoms with Crippen molar-refractivity contribution < 1.29 is 14.0 Å². The number of benzene rings is 4. The van der Waals surface area contributed by atoms with E-state index in [2.05, 4.69) is 15.8 Å². The van der Waals surface area contributed by atoms with Gasteiger partial charge in [0.25, 0.3) is 11.8 Å².